The number of carbonyl (C=O) groups excluding carboxylic acids is 3. The topological polar surface area (TPSA) is 121 Å². The minimum atomic E-state index is -1.42. The zero-order chi connectivity index (χ0) is 25.4. The van der Waals surface area contributed by atoms with Crippen molar-refractivity contribution in [3.8, 4) is 0 Å². The lowest BCUT2D eigenvalue weighted by molar-refractivity contribution is -0.145. The first-order valence-corrected chi connectivity index (χ1v) is 12.7. The number of benzene rings is 2. The highest BCUT2D eigenvalue weighted by molar-refractivity contribution is 7.85. The van der Waals surface area contributed by atoms with Crippen LogP contribution in [0.15, 0.2) is 48.5 Å². The van der Waals surface area contributed by atoms with E-state index in [0.29, 0.717) is 36.9 Å². The number of unbranched alkanes of at least 4 members (excludes halogenated alkanes) is 2. The van der Waals surface area contributed by atoms with Crippen molar-refractivity contribution in [3.63, 3.8) is 0 Å². The average Bonchev–Trinajstić information content (AvgIpc) is 2.83. The molecule has 1 aliphatic heterocycles. The number of hydrogen-bond acceptors (Lipinski definition) is 5. The van der Waals surface area contributed by atoms with Gasteiger partial charge in [0.15, 0.2) is 5.78 Å². The van der Waals surface area contributed by atoms with Gasteiger partial charge in [0.05, 0.1) is 17.7 Å². The normalized spacial score (nSPS) is 15.9. The van der Waals surface area contributed by atoms with Gasteiger partial charge in [-0.3, -0.25) is 18.6 Å². The molecule has 1 fully saturated rings. The molecule has 186 valence electrons. The molecule has 3 rings (SSSR count). The van der Waals surface area contributed by atoms with Gasteiger partial charge >= 0.3 is 5.97 Å². The highest BCUT2D eigenvalue weighted by Gasteiger charge is 2.41. The third kappa shape index (κ3) is 7.54. The van der Waals surface area contributed by atoms with Gasteiger partial charge < -0.3 is 15.3 Å². The number of β-lactam (4-membered cyclic amide) rings is 1. The maximum atomic E-state index is 12.9. The lowest BCUT2D eigenvalue weighted by Gasteiger charge is -2.39. The fourth-order valence-electron chi connectivity index (χ4n) is 3.66. The summed E-state index contributed by atoms with van der Waals surface area (Å²) in [4.78, 5) is 48.5. The summed E-state index contributed by atoms with van der Waals surface area (Å²) in [7, 11) is -1.42. The lowest BCUT2D eigenvalue weighted by Crippen LogP contribution is -2.57. The van der Waals surface area contributed by atoms with E-state index in [9.17, 15) is 27.8 Å². The van der Waals surface area contributed by atoms with E-state index >= 15 is 0 Å². The molecular weight excluding hydrogens is 475 g/mol. The van der Waals surface area contributed by atoms with Gasteiger partial charge in [0.1, 0.15) is 17.7 Å². The number of halogens is 1. The molecule has 2 aromatic rings. The summed E-state index contributed by atoms with van der Waals surface area (Å²) >= 11 is 0. The molecule has 8 nitrogen and oxygen atoms in total. The number of likely N-dealkylation sites (tertiary alicyclic amines) is 1. The van der Waals surface area contributed by atoms with Crippen LogP contribution in [0.1, 0.15) is 58.4 Å². The van der Waals surface area contributed by atoms with Crippen LogP contribution >= 0.6 is 0 Å². The molecule has 2 unspecified atom stereocenters. The van der Waals surface area contributed by atoms with E-state index in [1.807, 2.05) is 0 Å². The maximum Gasteiger partial charge on any atom is 0.335 e. The maximum absolute atomic E-state index is 12.9. The highest BCUT2D eigenvalue weighted by Crippen LogP contribution is 2.24. The Morgan fingerprint density at radius 2 is 1.66 bits per heavy atom. The molecule has 1 aliphatic rings. The Morgan fingerprint density at radius 3 is 2.29 bits per heavy atom. The van der Waals surface area contributed by atoms with Crippen LogP contribution in [0.25, 0.3) is 0 Å². The van der Waals surface area contributed by atoms with Crippen LogP contribution in [-0.4, -0.2) is 56.2 Å². The molecule has 0 spiro atoms. The zero-order valence-corrected chi connectivity index (χ0v) is 19.9. The largest absolute Gasteiger partial charge is 0.478 e. The van der Waals surface area contributed by atoms with E-state index in [0.717, 1.165) is 6.42 Å². The summed E-state index contributed by atoms with van der Waals surface area (Å²) < 4.78 is 25.6. The predicted octanol–water partition coefficient (Wildman–Crippen LogP) is 2.89. The number of aromatic carboxylic acids is 1. The summed E-state index contributed by atoms with van der Waals surface area (Å²) in [5.74, 6) is -1.90. The summed E-state index contributed by atoms with van der Waals surface area (Å²) in [6.07, 6.45) is 2.48. The van der Waals surface area contributed by atoms with Gasteiger partial charge in [-0.05, 0) is 54.8 Å². The molecular formula is C25H27FN2O6S. The first kappa shape index (κ1) is 26.2. The summed E-state index contributed by atoms with van der Waals surface area (Å²) in [5.41, 5.74) is 1.30. The van der Waals surface area contributed by atoms with Gasteiger partial charge in [-0.1, -0.05) is 18.6 Å². The lowest BCUT2D eigenvalue weighted by atomic mass is 10.0. The molecule has 0 saturated carbocycles. The van der Waals surface area contributed by atoms with E-state index < -0.39 is 22.1 Å². The van der Waals surface area contributed by atoms with Gasteiger partial charge in [-0.2, -0.15) is 0 Å². The molecule has 1 heterocycles. The Labute approximate surface area is 205 Å². The molecule has 35 heavy (non-hydrogen) atoms. The van der Waals surface area contributed by atoms with Crippen molar-refractivity contribution in [2.45, 2.75) is 43.2 Å². The van der Waals surface area contributed by atoms with Crippen LogP contribution in [0.3, 0.4) is 0 Å². The second kappa shape index (κ2) is 12.3. The molecule has 0 aliphatic carbocycles. The second-order valence-electron chi connectivity index (χ2n) is 8.30. The fraction of sp³-hybridized carbons (Fsp3) is 0.360. The molecule has 1 saturated heterocycles. The van der Waals surface area contributed by atoms with Crippen LogP contribution in [-0.2, 0) is 26.1 Å². The molecule has 0 aromatic heterocycles. The first-order valence-electron chi connectivity index (χ1n) is 11.3. The Hall–Kier alpha value is -3.40. The minimum absolute atomic E-state index is 0.0535. The average molecular weight is 503 g/mol. The van der Waals surface area contributed by atoms with Crippen molar-refractivity contribution >= 4 is 34.4 Å². The van der Waals surface area contributed by atoms with Crippen molar-refractivity contribution in [3.05, 3.63) is 71.0 Å². The molecule has 0 radical (unpaired) electrons. The quantitative estimate of drug-likeness (QED) is 0.247. The van der Waals surface area contributed by atoms with E-state index in [2.05, 4.69) is 5.32 Å². The predicted molar refractivity (Wildman–Crippen MR) is 128 cm³/mol. The van der Waals surface area contributed by atoms with E-state index in [1.165, 1.54) is 41.3 Å². The number of carboxylic acid groups (broad SMARTS) is 1. The van der Waals surface area contributed by atoms with Crippen LogP contribution in [0.2, 0.25) is 0 Å². The van der Waals surface area contributed by atoms with Crippen molar-refractivity contribution in [1.29, 1.82) is 0 Å². The Kier molecular flexibility index (Phi) is 9.25. The number of hydrogen-bond donors (Lipinski definition) is 2. The van der Waals surface area contributed by atoms with Gasteiger partial charge in [0, 0.05) is 29.3 Å². The van der Waals surface area contributed by atoms with Crippen molar-refractivity contribution in [1.82, 2.24) is 10.2 Å². The van der Waals surface area contributed by atoms with Crippen molar-refractivity contribution in [2.75, 3.05) is 13.1 Å². The molecule has 2 aromatic carbocycles. The summed E-state index contributed by atoms with van der Waals surface area (Å²) in [5, 5.41) is 11.1. The Balaban J connectivity index is 1.34. The zero-order valence-electron chi connectivity index (χ0n) is 19.1. The molecule has 2 amide bonds. The van der Waals surface area contributed by atoms with Gasteiger partial charge in [0.25, 0.3) is 0 Å². The monoisotopic (exact) mass is 502 g/mol. The fourth-order valence-corrected chi connectivity index (χ4v) is 5.18. The van der Waals surface area contributed by atoms with Crippen molar-refractivity contribution in [2.24, 2.45) is 0 Å². The molecule has 0 bridgehead atoms. The van der Waals surface area contributed by atoms with Gasteiger partial charge in [0.2, 0.25) is 11.8 Å². The van der Waals surface area contributed by atoms with Crippen molar-refractivity contribution < 1.29 is 32.9 Å². The third-order valence-corrected chi connectivity index (χ3v) is 7.36. The number of Topliss-reactive ketones (excluding diaryl/α,β-unsaturated/α-hetero) is 1. The number of nitrogens with one attached hydrogen (secondary N) is 1. The second-order valence-corrected chi connectivity index (χ2v) is 9.89. The first-order chi connectivity index (χ1) is 16.7. The summed E-state index contributed by atoms with van der Waals surface area (Å²) in [6.45, 7) is 0.228. The number of nitrogens with zero attached hydrogens (tertiary/aromatic N) is 1. The smallest absolute Gasteiger partial charge is 0.335 e. The van der Waals surface area contributed by atoms with Crippen LogP contribution in [0, 0.1) is 5.82 Å². The van der Waals surface area contributed by atoms with Crippen LogP contribution in [0.5, 0.6) is 0 Å². The molecule has 10 heteroatoms. The molecule has 2 N–H and O–H groups in total. The Morgan fingerprint density at radius 1 is 1.00 bits per heavy atom. The SMILES string of the molecule is O=C(CN1C(=O)CC1S(=O)Cc1ccc(C(=O)O)cc1)NCCCCCC(=O)c1ccc(F)cc1. The van der Waals surface area contributed by atoms with E-state index in [4.69, 9.17) is 5.11 Å². The standard InChI is InChI=1S/C25H27FN2O6S/c26-20-11-9-18(10-12-20)21(29)4-2-1-3-13-27-22(30)15-28-23(31)14-24(28)35(34)16-17-5-7-19(8-6-17)25(32)33/h5-12,24H,1-4,13-16H2,(H,27,30)(H,32,33). The molecule has 2 atom stereocenters. The van der Waals surface area contributed by atoms with E-state index in [-0.39, 0.29) is 47.7 Å². The number of rotatable bonds is 13. The summed E-state index contributed by atoms with van der Waals surface area (Å²) in [6, 6.07) is 11.5. The minimum Gasteiger partial charge on any atom is -0.478 e. The highest BCUT2D eigenvalue weighted by atomic mass is 32.2. The number of carboxylic acids is 1. The number of ketones is 1. The van der Waals surface area contributed by atoms with Crippen LogP contribution < -0.4 is 5.32 Å². The van der Waals surface area contributed by atoms with Gasteiger partial charge in [-0.15, -0.1) is 0 Å². The number of amides is 2. The van der Waals surface area contributed by atoms with Gasteiger partial charge in [-0.25, -0.2) is 9.18 Å². The third-order valence-electron chi connectivity index (χ3n) is 5.71. The van der Waals surface area contributed by atoms with Crippen LogP contribution in [0.4, 0.5) is 4.39 Å². The Bertz CT molecular complexity index is 1100. The van der Waals surface area contributed by atoms with E-state index in [1.54, 1.807) is 12.1 Å². The number of carbonyl (C=O) groups is 4.